The number of carbonyl (C=O) groups excluding carboxylic acids is 1. The Labute approximate surface area is 121 Å². The van der Waals surface area contributed by atoms with Crippen molar-refractivity contribution in [1.29, 1.82) is 0 Å². The minimum absolute atomic E-state index is 0.158. The number of thioether (sulfide) groups is 1. The molecule has 0 bridgehead atoms. The van der Waals surface area contributed by atoms with E-state index in [9.17, 15) is 4.79 Å². The van der Waals surface area contributed by atoms with Gasteiger partial charge in [-0.05, 0) is 11.8 Å². The van der Waals surface area contributed by atoms with Crippen molar-refractivity contribution in [2.24, 2.45) is 5.10 Å². The smallest absolute Gasteiger partial charge is 0.244 e. The molecular weight excluding hydrogens is 272 g/mol. The lowest BCUT2D eigenvalue weighted by atomic mass is 10.1. The van der Waals surface area contributed by atoms with Gasteiger partial charge in [0.1, 0.15) is 0 Å². The van der Waals surface area contributed by atoms with Gasteiger partial charge in [0, 0.05) is 18.0 Å². The Kier molecular flexibility index (Phi) is 5.25. The SMILES string of the molecule is CSc1ncc(C=NNC(=O)Cc2ccccc2)cn1. The van der Waals surface area contributed by atoms with Gasteiger partial charge in [0.15, 0.2) is 5.16 Å². The van der Waals surface area contributed by atoms with Crippen molar-refractivity contribution in [2.45, 2.75) is 11.6 Å². The fourth-order valence-electron chi connectivity index (χ4n) is 1.50. The summed E-state index contributed by atoms with van der Waals surface area (Å²) in [6, 6.07) is 9.52. The van der Waals surface area contributed by atoms with Gasteiger partial charge in [0.05, 0.1) is 12.6 Å². The van der Waals surface area contributed by atoms with Crippen molar-refractivity contribution in [3.8, 4) is 0 Å². The van der Waals surface area contributed by atoms with Gasteiger partial charge in [-0.3, -0.25) is 4.79 Å². The molecule has 0 fully saturated rings. The molecular formula is C14H14N4OS. The first-order chi connectivity index (χ1) is 9.78. The van der Waals surface area contributed by atoms with Crippen LogP contribution in [0.15, 0.2) is 53.0 Å². The van der Waals surface area contributed by atoms with E-state index in [0.717, 1.165) is 11.1 Å². The van der Waals surface area contributed by atoms with Crippen LogP contribution in [-0.2, 0) is 11.2 Å². The maximum absolute atomic E-state index is 11.6. The van der Waals surface area contributed by atoms with Crippen LogP contribution in [0.3, 0.4) is 0 Å². The number of rotatable bonds is 5. The zero-order valence-electron chi connectivity index (χ0n) is 11.0. The summed E-state index contributed by atoms with van der Waals surface area (Å²) < 4.78 is 0. The van der Waals surface area contributed by atoms with E-state index in [4.69, 9.17) is 0 Å². The monoisotopic (exact) mass is 286 g/mol. The van der Waals surface area contributed by atoms with Gasteiger partial charge < -0.3 is 0 Å². The van der Waals surface area contributed by atoms with E-state index < -0.39 is 0 Å². The zero-order valence-corrected chi connectivity index (χ0v) is 11.8. The second-order valence-corrected chi connectivity index (χ2v) is 4.73. The minimum Gasteiger partial charge on any atom is -0.273 e. The van der Waals surface area contributed by atoms with Crippen molar-refractivity contribution in [2.75, 3.05) is 6.26 Å². The van der Waals surface area contributed by atoms with Crippen molar-refractivity contribution < 1.29 is 4.79 Å². The Morgan fingerprint density at radius 1 is 1.30 bits per heavy atom. The summed E-state index contributed by atoms with van der Waals surface area (Å²) >= 11 is 1.47. The van der Waals surface area contributed by atoms with Gasteiger partial charge in [0.2, 0.25) is 5.91 Å². The molecule has 0 aliphatic rings. The van der Waals surface area contributed by atoms with Gasteiger partial charge in [-0.15, -0.1) is 0 Å². The van der Waals surface area contributed by atoms with Gasteiger partial charge in [-0.1, -0.05) is 42.1 Å². The quantitative estimate of drug-likeness (QED) is 0.394. The van der Waals surface area contributed by atoms with Gasteiger partial charge in [-0.25, -0.2) is 15.4 Å². The topological polar surface area (TPSA) is 67.2 Å². The summed E-state index contributed by atoms with van der Waals surface area (Å²) in [7, 11) is 0. The summed E-state index contributed by atoms with van der Waals surface area (Å²) in [5.41, 5.74) is 4.17. The molecule has 0 aliphatic carbocycles. The van der Waals surface area contributed by atoms with E-state index in [1.54, 1.807) is 12.4 Å². The number of hydrogen-bond donors (Lipinski definition) is 1. The van der Waals surface area contributed by atoms with Crippen LogP contribution >= 0.6 is 11.8 Å². The standard InChI is InChI=1S/C14H14N4OS/c1-20-14-15-8-12(9-16-14)10-17-18-13(19)7-11-5-3-2-4-6-11/h2-6,8-10H,7H2,1H3,(H,18,19). The summed E-state index contributed by atoms with van der Waals surface area (Å²) in [5.74, 6) is -0.158. The average Bonchev–Trinajstić information content (AvgIpc) is 2.49. The van der Waals surface area contributed by atoms with Crippen LogP contribution < -0.4 is 5.43 Å². The lowest BCUT2D eigenvalue weighted by molar-refractivity contribution is -0.120. The van der Waals surface area contributed by atoms with Crippen LogP contribution in [-0.4, -0.2) is 28.3 Å². The molecule has 0 saturated carbocycles. The molecule has 1 heterocycles. The fourth-order valence-corrected chi connectivity index (χ4v) is 1.81. The molecule has 6 heteroatoms. The van der Waals surface area contributed by atoms with Crippen molar-refractivity contribution in [1.82, 2.24) is 15.4 Å². The highest BCUT2D eigenvalue weighted by Crippen LogP contribution is 2.05. The first-order valence-corrected chi connectivity index (χ1v) is 7.22. The third kappa shape index (κ3) is 4.47. The molecule has 102 valence electrons. The molecule has 2 aromatic rings. The van der Waals surface area contributed by atoms with Crippen LogP contribution in [0, 0.1) is 0 Å². The second kappa shape index (κ2) is 7.40. The lowest BCUT2D eigenvalue weighted by Crippen LogP contribution is -2.19. The molecule has 5 nitrogen and oxygen atoms in total. The first-order valence-electron chi connectivity index (χ1n) is 6.00. The molecule has 0 atom stereocenters. The average molecular weight is 286 g/mol. The molecule has 2 rings (SSSR count). The van der Waals surface area contributed by atoms with Crippen LogP contribution in [0.2, 0.25) is 0 Å². The summed E-state index contributed by atoms with van der Waals surface area (Å²) in [5, 5.41) is 4.59. The molecule has 0 aliphatic heterocycles. The van der Waals surface area contributed by atoms with Gasteiger partial charge in [-0.2, -0.15) is 5.10 Å². The maximum Gasteiger partial charge on any atom is 0.244 e. The molecule has 1 aromatic heterocycles. The van der Waals surface area contributed by atoms with Crippen molar-refractivity contribution in [3.05, 3.63) is 53.9 Å². The Bertz CT molecular complexity index is 584. The Balaban J connectivity index is 1.84. The first kappa shape index (κ1) is 14.2. The van der Waals surface area contributed by atoms with Gasteiger partial charge >= 0.3 is 0 Å². The predicted molar refractivity (Wildman–Crippen MR) is 79.7 cm³/mol. The fraction of sp³-hybridized carbons (Fsp3) is 0.143. The molecule has 0 spiro atoms. The van der Waals surface area contributed by atoms with E-state index in [1.165, 1.54) is 18.0 Å². The van der Waals surface area contributed by atoms with Crippen LogP contribution in [0.25, 0.3) is 0 Å². The maximum atomic E-state index is 11.6. The number of benzene rings is 1. The van der Waals surface area contributed by atoms with Crippen LogP contribution in [0.1, 0.15) is 11.1 Å². The number of nitrogens with zero attached hydrogens (tertiary/aromatic N) is 3. The van der Waals surface area contributed by atoms with E-state index >= 15 is 0 Å². The van der Waals surface area contributed by atoms with E-state index in [-0.39, 0.29) is 5.91 Å². The summed E-state index contributed by atoms with van der Waals surface area (Å²) in [6.45, 7) is 0. The normalized spacial score (nSPS) is 10.7. The lowest BCUT2D eigenvalue weighted by Gasteiger charge is -2.00. The van der Waals surface area contributed by atoms with E-state index in [2.05, 4.69) is 20.5 Å². The van der Waals surface area contributed by atoms with E-state index in [1.807, 2.05) is 36.6 Å². The van der Waals surface area contributed by atoms with Gasteiger partial charge in [0.25, 0.3) is 0 Å². The highest BCUT2D eigenvalue weighted by Gasteiger charge is 2.00. The Hall–Kier alpha value is -2.21. The number of hydrazone groups is 1. The predicted octanol–water partition coefficient (Wildman–Crippen LogP) is 1.89. The molecule has 0 radical (unpaired) electrons. The number of carbonyl (C=O) groups is 1. The van der Waals surface area contributed by atoms with Crippen molar-refractivity contribution in [3.63, 3.8) is 0 Å². The zero-order chi connectivity index (χ0) is 14.2. The third-order valence-electron chi connectivity index (χ3n) is 2.44. The summed E-state index contributed by atoms with van der Waals surface area (Å²) in [4.78, 5) is 19.9. The Morgan fingerprint density at radius 3 is 2.65 bits per heavy atom. The molecule has 1 N–H and O–H groups in total. The van der Waals surface area contributed by atoms with Crippen molar-refractivity contribution >= 4 is 23.9 Å². The molecule has 0 saturated heterocycles. The molecule has 1 aromatic carbocycles. The van der Waals surface area contributed by atoms with E-state index in [0.29, 0.717) is 11.6 Å². The molecule has 1 amide bonds. The summed E-state index contributed by atoms with van der Waals surface area (Å²) in [6.07, 6.45) is 7.05. The number of aromatic nitrogens is 2. The molecule has 20 heavy (non-hydrogen) atoms. The number of hydrogen-bond acceptors (Lipinski definition) is 5. The number of amides is 1. The van der Waals surface area contributed by atoms with Crippen LogP contribution in [0.5, 0.6) is 0 Å². The highest BCUT2D eigenvalue weighted by molar-refractivity contribution is 7.98. The largest absolute Gasteiger partial charge is 0.273 e. The third-order valence-corrected chi connectivity index (χ3v) is 3.02. The highest BCUT2D eigenvalue weighted by atomic mass is 32.2. The molecule has 0 unspecified atom stereocenters. The Morgan fingerprint density at radius 2 is 2.00 bits per heavy atom. The minimum atomic E-state index is -0.158. The second-order valence-electron chi connectivity index (χ2n) is 3.96. The number of nitrogens with one attached hydrogen (secondary N) is 1. The van der Waals surface area contributed by atoms with Crippen LogP contribution in [0.4, 0.5) is 0 Å².